The zero-order valence-corrected chi connectivity index (χ0v) is 15.2. The number of ether oxygens (including phenoxy) is 1. The van der Waals surface area contributed by atoms with Crippen LogP contribution < -0.4 is 10.1 Å². The SMILES string of the molecule is Cc1cccc(OCCNC(=O)CSc2nnc(-c3ccccc3)o2)c1. The number of aromatic nitrogens is 2. The molecule has 1 aromatic heterocycles. The van der Waals surface area contributed by atoms with Crippen LogP contribution in [0, 0.1) is 6.92 Å². The maximum atomic E-state index is 11.9. The van der Waals surface area contributed by atoms with E-state index in [1.165, 1.54) is 11.8 Å². The number of benzene rings is 2. The van der Waals surface area contributed by atoms with Gasteiger partial charge < -0.3 is 14.5 Å². The summed E-state index contributed by atoms with van der Waals surface area (Å²) < 4.78 is 11.1. The molecule has 0 unspecified atom stereocenters. The Morgan fingerprint density at radius 2 is 2.00 bits per heavy atom. The molecular weight excluding hydrogens is 350 g/mol. The van der Waals surface area contributed by atoms with Gasteiger partial charge in [0.15, 0.2) is 0 Å². The lowest BCUT2D eigenvalue weighted by Gasteiger charge is -2.07. The molecule has 134 valence electrons. The van der Waals surface area contributed by atoms with Crippen molar-refractivity contribution in [3.05, 3.63) is 60.2 Å². The average Bonchev–Trinajstić information content (AvgIpc) is 3.13. The van der Waals surface area contributed by atoms with Crippen LogP contribution in [0.2, 0.25) is 0 Å². The van der Waals surface area contributed by atoms with Gasteiger partial charge in [0, 0.05) is 5.56 Å². The van der Waals surface area contributed by atoms with E-state index in [0.29, 0.717) is 24.3 Å². The van der Waals surface area contributed by atoms with E-state index in [1.54, 1.807) is 0 Å². The number of hydrogen-bond donors (Lipinski definition) is 1. The molecule has 0 bridgehead atoms. The zero-order valence-electron chi connectivity index (χ0n) is 14.3. The summed E-state index contributed by atoms with van der Waals surface area (Å²) in [5, 5.41) is 11.1. The number of nitrogens with zero attached hydrogens (tertiary/aromatic N) is 2. The molecule has 0 saturated carbocycles. The highest BCUT2D eigenvalue weighted by atomic mass is 32.2. The standard InChI is InChI=1S/C19H19N3O3S/c1-14-6-5-9-16(12-14)24-11-10-20-17(23)13-26-19-22-21-18(25-19)15-7-3-2-4-8-15/h2-9,12H,10-11,13H2,1H3,(H,20,23). The predicted octanol–water partition coefficient (Wildman–Crippen LogP) is 3.33. The summed E-state index contributed by atoms with van der Waals surface area (Å²) in [5.41, 5.74) is 1.99. The molecule has 7 heteroatoms. The number of rotatable bonds is 8. The highest BCUT2D eigenvalue weighted by molar-refractivity contribution is 7.99. The molecule has 1 amide bonds. The van der Waals surface area contributed by atoms with Crippen LogP contribution in [-0.2, 0) is 4.79 Å². The fraction of sp³-hybridized carbons (Fsp3) is 0.211. The fourth-order valence-electron chi connectivity index (χ4n) is 2.21. The molecule has 0 fully saturated rings. The monoisotopic (exact) mass is 369 g/mol. The molecule has 0 aliphatic carbocycles. The highest BCUT2D eigenvalue weighted by Gasteiger charge is 2.10. The molecule has 0 saturated heterocycles. The number of carbonyl (C=O) groups excluding carboxylic acids is 1. The van der Waals surface area contributed by atoms with Crippen LogP contribution in [0.1, 0.15) is 5.56 Å². The molecule has 6 nitrogen and oxygen atoms in total. The Morgan fingerprint density at radius 3 is 2.81 bits per heavy atom. The summed E-state index contributed by atoms with van der Waals surface area (Å²) in [6, 6.07) is 17.3. The van der Waals surface area contributed by atoms with Crippen LogP contribution in [0.25, 0.3) is 11.5 Å². The minimum Gasteiger partial charge on any atom is -0.492 e. The Hall–Kier alpha value is -2.80. The van der Waals surface area contributed by atoms with Gasteiger partial charge in [0.2, 0.25) is 11.8 Å². The summed E-state index contributed by atoms with van der Waals surface area (Å²) in [7, 11) is 0. The van der Waals surface area contributed by atoms with Gasteiger partial charge in [-0.3, -0.25) is 4.79 Å². The topological polar surface area (TPSA) is 77.2 Å². The number of amides is 1. The Kier molecular flexibility index (Phi) is 6.27. The average molecular weight is 369 g/mol. The second-order valence-electron chi connectivity index (χ2n) is 5.54. The minimum absolute atomic E-state index is 0.109. The molecular formula is C19H19N3O3S. The number of hydrogen-bond acceptors (Lipinski definition) is 6. The van der Waals surface area contributed by atoms with Crippen LogP contribution >= 0.6 is 11.8 Å². The first-order chi connectivity index (χ1) is 12.7. The van der Waals surface area contributed by atoms with Crippen LogP contribution in [0.15, 0.2) is 64.2 Å². The maximum absolute atomic E-state index is 11.9. The third kappa shape index (κ3) is 5.35. The Bertz CT molecular complexity index is 852. The van der Waals surface area contributed by atoms with Gasteiger partial charge in [0.1, 0.15) is 12.4 Å². The second kappa shape index (κ2) is 9.05. The van der Waals surface area contributed by atoms with Crippen molar-refractivity contribution in [1.29, 1.82) is 0 Å². The smallest absolute Gasteiger partial charge is 0.277 e. The van der Waals surface area contributed by atoms with Crippen molar-refractivity contribution in [1.82, 2.24) is 15.5 Å². The van der Waals surface area contributed by atoms with Gasteiger partial charge in [0.05, 0.1) is 12.3 Å². The van der Waals surface area contributed by atoms with E-state index in [2.05, 4.69) is 15.5 Å². The molecule has 1 heterocycles. The summed E-state index contributed by atoms with van der Waals surface area (Å²) in [5.74, 6) is 1.34. The molecule has 0 spiro atoms. The van der Waals surface area contributed by atoms with Crippen molar-refractivity contribution in [2.75, 3.05) is 18.9 Å². The van der Waals surface area contributed by atoms with Gasteiger partial charge in [0.25, 0.3) is 5.22 Å². The Balaban J connectivity index is 1.37. The number of nitrogens with one attached hydrogen (secondary N) is 1. The normalized spacial score (nSPS) is 10.5. The lowest BCUT2D eigenvalue weighted by molar-refractivity contribution is -0.118. The van der Waals surface area contributed by atoms with Crippen LogP contribution in [0.3, 0.4) is 0 Å². The number of thioether (sulfide) groups is 1. The Morgan fingerprint density at radius 1 is 1.15 bits per heavy atom. The van der Waals surface area contributed by atoms with Gasteiger partial charge in [-0.1, -0.05) is 42.1 Å². The quantitative estimate of drug-likeness (QED) is 0.485. The maximum Gasteiger partial charge on any atom is 0.277 e. The summed E-state index contributed by atoms with van der Waals surface area (Å²) in [6.07, 6.45) is 0. The van der Waals surface area contributed by atoms with Crippen molar-refractivity contribution in [2.24, 2.45) is 0 Å². The first kappa shape index (κ1) is 18.0. The second-order valence-corrected chi connectivity index (χ2v) is 6.47. The van der Waals surface area contributed by atoms with Gasteiger partial charge >= 0.3 is 0 Å². The molecule has 0 radical (unpaired) electrons. The van der Waals surface area contributed by atoms with E-state index >= 15 is 0 Å². The Labute approximate surface area is 156 Å². The van der Waals surface area contributed by atoms with Crippen molar-refractivity contribution in [3.8, 4) is 17.2 Å². The van der Waals surface area contributed by atoms with E-state index < -0.39 is 0 Å². The number of carbonyl (C=O) groups is 1. The first-order valence-corrected chi connectivity index (χ1v) is 9.17. The van der Waals surface area contributed by atoms with Crippen molar-refractivity contribution >= 4 is 17.7 Å². The van der Waals surface area contributed by atoms with E-state index in [9.17, 15) is 4.79 Å². The molecule has 0 aliphatic rings. The summed E-state index contributed by atoms with van der Waals surface area (Å²) >= 11 is 1.21. The molecule has 1 N–H and O–H groups in total. The van der Waals surface area contributed by atoms with E-state index in [1.807, 2.05) is 61.5 Å². The third-order valence-electron chi connectivity index (χ3n) is 3.44. The first-order valence-electron chi connectivity index (χ1n) is 8.18. The zero-order chi connectivity index (χ0) is 18.2. The van der Waals surface area contributed by atoms with E-state index in [-0.39, 0.29) is 11.7 Å². The van der Waals surface area contributed by atoms with Crippen molar-refractivity contribution < 1.29 is 13.9 Å². The van der Waals surface area contributed by atoms with E-state index in [0.717, 1.165) is 16.9 Å². The predicted molar refractivity (Wildman–Crippen MR) is 100 cm³/mol. The molecule has 0 aliphatic heterocycles. The minimum atomic E-state index is -0.109. The van der Waals surface area contributed by atoms with Gasteiger partial charge in [-0.25, -0.2) is 0 Å². The molecule has 26 heavy (non-hydrogen) atoms. The van der Waals surface area contributed by atoms with E-state index in [4.69, 9.17) is 9.15 Å². The van der Waals surface area contributed by atoms with Gasteiger partial charge in [-0.2, -0.15) is 0 Å². The largest absolute Gasteiger partial charge is 0.492 e. The highest BCUT2D eigenvalue weighted by Crippen LogP contribution is 2.22. The number of aryl methyl sites for hydroxylation is 1. The summed E-state index contributed by atoms with van der Waals surface area (Å²) in [4.78, 5) is 11.9. The van der Waals surface area contributed by atoms with Crippen LogP contribution in [0.4, 0.5) is 0 Å². The van der Waals surface area contributed by atoms with Crippen LogP contribution in [0.5, 0.6) is 5.75 Å². The van der Waals surface area contributed by atoms with Crippen molar-refractivity contribution in [2.45, 2.75) is 12.1 Å². The lowest BCUT2D eigenvalue weighted by atomic mass is 10.2. The van der Waals surface area contributed by atoms with Gasteiger partial charge in [-0.15, -0.1) is 10.2 Å². The summed E-state index contributed by atoms with van der Waals surface area (Å²) in [6.45, 7) is 2.86. The molecule has 3 rings (SSSR count). The third-order valence-corrected chi connectivity index (χ3v) is 4.25. The fourth-order valence-corrected chi connectivity index (χ4v) is 2.80. The molecule has 3 aromatic rings. The van der Waals surface area contributed by atoms with Crippen LogP contribution in [-0.4, -0.2) is 35.0 Å². The van der Waals surface area contributed by atoms with Crippen molar-refractivity contribution in [3.63, 3.8) is 0 Å². The van der Waals surface area contributed by atoms with Gasteiger partial charge in [-0.05, 0) is 36.8 Å². The molecule has 0 atom stereocenters. The molecule has 2 aromatic carbocycles. The lowest BCUT2D eigenvalue weighted by Crippen LogP contribution is -2.29.